The maximum absolute atomic E-state index is 12.8. The molecule has 1 aliphatic heterocycles. The third kappa shape index (κ3) is 3.33. The average molecular weight is 281 g/mol. The predicted molar refractivity (Wildman–Crippen MR) is 77.3 cm³/mol. The summed E-state index contributed by atoms with van der Waals surface area (Å²) in [6, 6.07) is 0.142. The van der Waals surface area contributed by atoms with Gasteiger partial charge in [-0.05, 0) is 43.9 Å². The number of likely N-dealkylation sites (tertiary alicyclic amines) is 1. The van der Waals surface area contributed by atoms with Crippen molar-refractivity contribution in [2.24, 2.45) is 11.3 Å². The van der Waals surface area contributed by atoms with Gasteiger partial charge in [0.05, 0.1) is 0 Å². The van der Waals surface area contributed by atoms with Gasteiger partial charge in [-0.15, -0.1) is 0 Å². The number of carbonyl (C=O) groups excluding carboxylic acids is 1. The lowest BCUT2D eigenvalue weighted by molar-refractivity contribution is -0.144. The van der Waals surface area contributed by atoms with Crippen LogP contribution in [-0.2, 0) is 9.59 Å². The molecule has 1 saturated heterocycles. The number of hydrogen-bond donors (Lipinski definition) is 1. The van der Waals surface area contributed by atoms with Crippen molar-refractivity contribution < 1.29 is 14.7 Å². The van der Waals surface area contributed by atoms with Crippen LogP contribution in [0.5, 0.6) is 0 Å². The summed E-state index contributed by atoms with van der Waals surface area (Å²) in [7, 11) is 0. The Kier molecular flexibility index (Phi) is 4.71. The van der Waals surface area contributed by atoms with Gasteiger partial charge in [-0.3, -0.25) is 9.59 Å². The van der Waals surface area contributed by atoms with Crippen molar-refractivity contribution in [3.63, 3.8) is 0 Å². The Labute approximate surface area is 121 Å². The molecule has 4 nitrogen and oxygen atoms in total. The zero-order valence-electron chi connectivity index (χ0n) is 12.7. The molecule has 2 unspecified atom stereocenters. The number of aliphatic carboxylic acids is 1. The summed E-state index contributed by atoms with van der Waals surface area (Å²) >= 11 is 0. The molecule has 2 atom stereocenters. The molecule has 1 heterocycles. The molecule has 2 fully saturated rings. The van der Waals surface area contributed by atoms with Crippen LogP contribution in [-0.4, -0.2) is 34.5 Å². The first-order chi connectivity index (χ1) is 9.42. The molecule has 1 aliphatic carbocycles. The molecule has 4 heteroatoms. The monoisotopic (exact) mass is 281 g/mol. The summed E-state index contributed by atoms with van der Waals surface area (Å²) in [6.45, 7) is 5.20. The fourth-order valence-electron chi connectivity index (χ4n) is 3.87. The first-order valence-corrected chi connectivity index (χ1v) is 7.94. The normalized spacial score (nSPS) is 29.4. The van der Waals surface area contributed by atoms with E-state index >= 15 is 0 Å². The molecule has 20 heavy (non-hydrogen) atoms. The van der Waals surface area contributed by atoms with E-state index in [2.05, 4.69) is 13.8 Å². The lowest BCUT2D eigenvalue weighted by Gasteiger charge is -2.39. The Bertz CT molecular complexity index is 378. The molecule has 0 aromatic carbocycles. The summed E-state index contributed by atoms with van der Waals surface area (Å²) in [6.07, 6.45) is 7.16. The van der Waals surface area contributed by atoms with Gasteiger partial charge in [0.15, 0.2) is 0 Å². The fourth-order valence-corrected chi connectivity index (χ4v) is 3.87. The van der Waals surface area contributed by atoms with E-state index in [0.717, 1.165) is 45.1 Å². The minimum Gasteiger partial charge on any atom is -0.481 e. The smallest absolute Gasteiger partial charge is 0.303 e. The maximum Gasteiger partial charge on any atom is 0.303 e. The molecule has 0 aromatic heterocycles. The first kappa shape index (κ1) is 15.3. The quantitative estimate of drug-likeness (QED) is 0.861. The van der Waals surface area contributed by atoms with E-state index in [1.807, 2.05) is 4.90 Å². The van der Waals surface area contributed by atoms with E-state index < -0.39 is 5.97 Å². The SMILES string of the molecule is CC1(C)CCCC1C(=O)N1CCCCC1CCC(=O)O. The highest BCUT2D eigenvalue weighted by molar-refractivity contribution is 5.80. The van der Waals surface area contributed by atoms with Crippen LogP contribution < -0.4 is 0 Å². The molecule has 0 aromatic rings. The van der Waals surface area contributed by atoms with Gasteiger partial charge in [0, 0.05) is 24.9 Å². The van der Waals surface area contributed by atoms with Crippen LogP contribution >= 0.6 is 0 Å². The highest BCUT2D eigenvalue weighted by atomic mass is 16.4. The third-order valence-corrected chi connectivity index (χ3v) is 5.16. The minimum absolute atomic E-state index is 0.103. The minimum atomic E-state index is -0.760. The topological polar surface area (TPSA) is 57.6 Å². The van der Waals surface area contributed by atoms with Crippen molar-refractivity contribution >= 4 is 11.9 Å². The Hall–Kier alpha value is -1.06. The van der Waals surface area contributed by atoms with Gasteiger partial charge in [0.1, 0.15) is 0 Å². The van der Waals surface area contributed by atoms with Crippen LogP contribution in [0.1, 0.15) is 65.2 Å². The Balaban J connectivity index is 2.03. The zero-order chi connectivity index (χ0) is 14.8. The Morgan fingerprint density at radius 3 is 2.55 bits per heavy atom. The lowest BCUT2D eigenvalue weighted by atomic mass is 9.80. The first-order valence-electron chi connectivity index (χ1n) is 7.94. The van der Waals surface area contributed by atoms with Crippen LogP contribution in [0.3, 0.4) is 0 Å². The van der Waals surface area contributed by atoms with Crippen LogP contribution in [0.15, 0.2) is 0 Å². The van der Waals surface area contributed by atoms with Crippen molar-refractivity contribution in [2.45, 2.75) is 71.3 Å². The van der Waals surface area contributed by atoms with Gasteiger partial charge in [0.2, 0.25) is 5.91 Å². The number of carbonyl (C=O) groups is 2. The molecular formula is C16H27NO3. The molecule has 1 saturated carbocycles. The van der Waals surface area contributed by atoms with Crippen LogP contribution in [0.25, 0.3) is 0 Å². The van der Waals surface area contributed by atoms with E-state index in [0.29, 0.717) is 6.42 Å². The predicted octanol–water partition coefficient (Wildman–Crippen LogP) is 3.06. The van der Waals surface area contributed by atoms with E-state index in [1.54, 1.807) is 0 Å². The van der Waals surface area contributed by atoms with Crippen molar-refractivity contribution in [1.29, 1.82) is 0 Å². The molecular weight excluding hydrogens is 254 g/mol. The largest absolute Gasteiger partial charge is 0.481 e. The second kappa shape index (κ2) is 6.15. The second-order valence-corrected chi connectivity index (χ2v) is 7.05. The van der Waals surface area contributed by atoms with Gasteiger partial charge in [-0.25, -0.2) is 0 Å². The van der Waals surface area contributed by atoms with Crippen molar-refractivity contribution in [3.8, 4) is 0 Å². The van der Waals surface area contributed by atoms with Gasteiger partial charge in [-0.2, -0.15) is 0 Å². The van der Waals surface area contributed by atoms with Gasteiger partial charge < -0.3 is 10.0 Å². The number of hydrogen-bond acceptors (Lipinski definition) is 2. The lowest BCUT2D eigenvalue weighted by Crippen LogP contribution is -2.48. The van der Waals surface area contributed by atoms with E-state index in [9.17, 15) is 9.59 Å². The van der Waals surface area contributed by atoms with Crippen molar-refractivity contribution in [1.82, 2.24) is 4.90 Å². The summed E-state index contributed by atoms with van der Waals surface area (Å²) in [5, 5.41) is 8.86. The van der Waals surface area contributed by atoms with Crippen LogP contribution in [0.2, 0.25) is 0 Å². The van der Waals surface area contributed by atoms with Gasteiger partial charge in [0.25, 0.3) is 0 Å². The number of carboxylic acids is 1. The standard InChI is InChI=1S/C16H27NO3/c1-16(2)10-5-7-13(16)15(20)17-11-4-3-6-12(17)8-9-14(18)19/h12-13H,3-11H2,1-2H3,(H,18,19). The van der Waals surface area contributed by atoms with Gasteiger partial charge >= 0.3 is 5.97 Å². The summed E-state index contributed by atoms with van der Waals surface area (Å²) in [5.41, 5.74) is 0.103. The molecule has 114 valence electrons. The molecule has 0 spiro atoms. The number of carboxylic acid groups (broad SMARTS) is 1. The summed E-state index contributed by atoms with van der Waals surface area (Å²) in [4.78, 5) is 25.6. The number of nitrogens with zero attached hydrogens (tertiary/aromatic N) is 1. The second-order valence-electron chi connectivity index (χ2n) is 7.05. The van der Waals surface area contributed by atoms with Crippen molar-refractivity contribution in [2.75, 3.05) is 6.54 Å². The summed E-state index contributed by atoms with van der Waals surface area (Å²) < 4.78 is 0. The molecule has 2 aliphatic rings. The van der Waals surface area contributed by atoms with Crippen LogP contribution in [0, 0.1) is 11.3 Å². The van der Waals surface area contributed by atoms with Crippen LogP contribution in [0.4, 0.5) is 0 Å². The fraction of sp³-hybridized carbons (Fsp3) is 0.875. The number of rotatable bonds is 4. The maximum atomic E-state index is 12.8. The Morgan fingerprint density at radius 1 is 1.20 bits per heavy atom. The Morgan fingerprint density at radius 2 is 1.95 bits per heavy atom. The highest BCUT2D eigenvalue weighted by Gasteiger charge is 2.42. The average Bonchev–Trinajstić information content (AvgIpc) is 2.75. The van der Waals surface area contributed by atoms with Crippen molar-refractivity contribution in [3.05, 3.63) is 0 Å². The van der Waals surface area contributed by atoms with E-state index in [-0.39, 0.29) is 29.7 Å². The molecule has 0 bridgehead atoms. The number of amides is 1. The van der Waals surface area contributed by atoms with E-state index in [4.69, 9.17) is 5.11 Å². The molecule has 1 amide bonds. The van der Waals surface area contributed by atoms with E-state index in [1.165, 1.54) is 0 Å². The summed E-state index contributed by atoms with van der Waals surface area (Å²) in [5.74, 6) is -0.348. The number of piperidine rings is 1. The molecule has 1 N–H and O–H groups in total. The molecule has 2 rings (SSSR count). The zero-order valence-corrected chi connectivity index (χ0v) is 12.7. The third-order valence-electron chi connectivity index (χ3n) is 5.16. The highest BCUT2D eigenvalue weighted by Crippen LogP contribution is 2.44. The molecule has 0 radical (unpaired) electrons. The van der Waals surface area contributed by atoms with Gasteiger partial charge in [-0.1, -0.05) is 20.3 Å².